The molecule has 5 rings (SSSR count). The van der Waals surface area contributed by atoms with Crippen LogP contribution in [-0.4, -0.2) is 26.6 Å². The lowest BCUT2D eigenvalue weighted by molar-refractivity contribution is 0.100. The Hall–Kier alpha value is -4.78. The number of halogens is 4. The van der Waals surface area contributed by atoms with Crippen molar-refractivity contribution in [2.75, 3.05) is 5.32 Å². The Labute approximate surface area is 221 Å². The molecular weight excluding hydrogens is 538 g/mol. The molecule has 0 unspecified atom stereocenters. The quantitative estimate of drug-likeness (QED) is 0.236. The number of nitrogens with two attached hydrogens (primary N) is 1. The van der Waals surface area contributed by atoms with E-state index in [4.69, 9.17) is 10.5 Å². The highest BCUT2D eigenvalue weighted by atomic mass is 32.1. The van der Waals surface area contributed by atoms with Crippen LogP contribution in [0.4, 0.5) is 23.2 Å². The van der Waals surface area contributed by atoms with Crippen LogP contribution in [0.15, 0.2) is 66.9 Å². The van der Waals surface area contributed by atoms with Crippen molar-refractivity contribution in [1.29, 1.82) is 0 Å². The summed E-state index contributed by atoms with van der Waals surface area (Å²) in [4.78, 5) is 29.4. The lowest BCUT2D eigenvalue weighted by Gasteiger charge is -2.10. The topological polar surface area (TPSA) is 112 Å². The van der Waals surface area contributed by atoms with Gasteiger partial charge in [0.05, 0.1) is 5.69 Å². The maximum absolute atomic E-state index is 13.8. The van der Waals surface area contributed by atoms with E-state index in [2.05, 4.69) is 15.4 Å². The summed E-state index contributed by atoms with van der Waals surface area (Å²) in [6.07, 6.45) is -1.48. The van der Waals surface area contributed by atoms with Gasteiger partial charge in [-0.1, -0.05) is 30.3 Å². The Morgan fingerprint density at radius 3 is 2.54 bits per heavy atom. The Balaban J connectivity index is 1.48. The summed E-state index contributed by atoms with van der Waals surface area (Å²) in [6.45, 7) is -0.289. The van der Waals surface area contributed by atoms with Crippen LogP contribution in [0.3, 0.4) is 0 Å². The molecule has 0 aliphatic carbocycles. The first-order valence-electron chi connectivity index (χ1n) is 11.2. The van der Waals surface area contributed by atoms with Crippen LogP contribution in [0.2, 0.25) is 0 Å². The number of hydrogen-bond donors (Lipinski definition) is 2. The van der Waals surface area contributed by atoms with Crippen LogP contribution >= 0.6 is 11.3 Å². The number of benzene rings is 2. The minimum Gasteiger partial charge on any atom is -0.468 e. The van der Waals surface area contributed by atoms with Crippen LogP contribution in [0.5, 0.6) is 5.75 Å². The minimum absolute atomic E-state index is 0.0128. The number of alkyl halides is 2. The zero-order valence-corrected chi connectivity index (χ0v) is 20.5. The summed E-state index contributed by atoms with van der Waals surface area (Å²) in [5.74, 6) is -3.49. The molecule has 0 radical (unpaired) electrons. The molecule has 0 aliphatic rings. The van der Waals surface area contributed by atoms with Crippen molar-refractivity contribution in [3.8, 4) is 16.9 Å². The van der Waals surface area contributed by atoms with Crippen LogP contribution in [0.1, 0.15) is 32.3 Å². The number of rotatable bonds is 8. The molecule has 3 aromatic heterocycles. The number of thiophene rings is 1. The van der Waals surface area contributed by atoms with E-state index in [0.29, 0.717) is 17.2 Å². The van der Waals surface area contributed by atoms with Gasteiger partial charge < -0.3 is 15.8 Å². The van der Waals surface area contributed by atoms with Crippen molar-refractivity contribution < 1.29 is 31.9 Å². The van der Waals surface area contributed by atoms with Gasteiger partial charge in [0.15, 0.2) is 24.0 Å². The van der Waals surface area contributed by atoms with Crippen molar-refractivity contribution >= 4 is 39.1 Å². The van der Waals surface area contributed by atoms with Crippen LogP contribution in [-0.2, 0) is 6.73 Å². The van der Waals surface area contributed by atoms with Gasteiger partial charge in [0.2, 0.25) is 0 Å². The maximum Gasteiger partial charge on any atom is 0.280 e. The smallest absolute Gasteiger partial charge is 0.280 e. The molecule has 2 amide bonds. The standard InChI is InChI=1S/C26H17F4N5O3S/c27-14-6-7-19(16(28)10-14)38-12-35-9-8-17(34-35)25(37)33-21-20-15(13-4-2-1-3-5-13)11-18(23(29)30)32-26(20)39-22(21)24(31)36/h1-11,23H,12H2,(H2,31,36)(H,33,37). The first kappa shape index (κ1) is 25.9. The third-order valence-corrected chi connectivity index (χ3v) is 6.67. The van der Waals surface area contributed by atoms with Crippen molar-refractivity contribution in [1.82, 2.24) is 14.8 Å². The van der Waals surface area contributed by atoms with Crippen molar-refractivity contribution in [2.45, 2.75) is 13.2 Å². The van der Waals surface area contributed by atoms with Crippen molar-refractivity contribution in [3.63, 3.8) is 0 Å². The summed E-state index contributed by atoms with van der Waals surface area (Å²) in [6, 6.07) is 14.0. The first-order chi connectivity index (χ1) is 18.7. The van der Waals surface area contributed by atoms with Gasteiger partial charge in [-0.25, -0.2) is 27.2 Å². The number of ether oxygens (including phenoxy) is 1. The molecule has 0 aliphatic heterocycles. The fraction of sp³-hybridized carbons (Fsp3) is 0.0769. The van der Waals surface area contributed by atoms with Gasteiger partial charge in [0, 0.05) is 17.6 Å². The number of carbonyl (C=O) groups excluding carboxylic acids is 2. The third kappa shape index (κ3) is 5.29. The number of carbonyl (C=O) groups is 2. The van der Waals surface area contributed by atoms with Crippen LogP contribution in [0.25, 0.3) is 21.3 Å². The number of fused-ring (bicyclic) bond motifs is 1. The lowest BCUT2D eigenvalue weighted by Crippen LogP contribution is -2.18. The van der Waals surface area contributed by atoms with Crippen LogP contribution in [0, 0.1) is 11.6 Å². The second kappa shape index (κ2) is 10.5. The highest BCUT2D eigenvalue weighted by molar-refractivity contribution is 7.21. The second-order valence-corrected chi connectivity index (χ2v) is 9.15. The largest absolute Gasteiger partial charge is 0.468 e. The number of anilines is 1. The van der Waals surface area contributed by atoms with E-state index in [9.17, 15) is 27.2 Å². The van der Waals surface area contributed by atoms with E-state index in [0.717, 1.165) is 23.5 Å². The van der Waals surface area contributed by atoms with Crippen LogP contribution < -0.4 is 15.8 Å². The van der Waals surface area contributed by atoms with Gasteiger partial charge in [0.1, 0.15) is 21.2 Å². The van der Waals surface area contributed by atoms with Gasteiger partial charge in [-0.15, -0.1) is 11.3 Å². The van der Waals surface area contributed by atoms with Gasteiger partial charge in [-0.05, 0) is 35.4 Å². The Morgan fingerprint density at radius 2 is 1.85 bits per heavy atom. The fourth-order valence-corrected chi connectivity index (χ4v) is 4.84. The number of nitrogens with zero attached hydrogens (tertiary/aromatic N) is 3. The number of pyridine rings is 1. The predicted molar refractivity (Wildman–Crippen MR) is 136 cm³/mol. The molecule has 2 aromatic carbocycles. The molecule has 0 bridgehead atoms. The van der Waals surface area contributed by atoms with Gasteiger partial charge >= 0.3 is 0 Å². The van der Waals surface area contributed by atoms with Crippen molar-refractivity contribution in [2.24, 2.45) is 5.73 Å². The molecule has 8 nitrogen and oxygen atoms in total. The molecule has 3 N–H and O–H groups in total. The lowest BCUT2D eigenvalue weighted by atomic mass is 10.0. The average molecular weight is 556 g/mol. The van der Waals surface area contributed by atoms with E-state index < -0.39 is 35.6 Å². The van der Waals surface area contributed by atoms with Crippen molar-refractivity contribution in [3.05, 3.63) is 94.8 Å². The normalized spacial score (nSPS) is 11.2. The minimum atomic E-state index is -2.87. The molecule has 0 saturated heterocycles. The SMILES string of the molecule is NC(=O)c1sc2nc(C(F)F)cc(-c3ccccc3)c2c1NC(=O)c1ccn(COc2ccc(F)cc2F)n1. The number of primary amides is 1. The number of aromatic nitrogens is 3. The van der Waals surface area contributed by atoms with Gasteiger partial charge in [-0.3, -0.25) is 9.59 Å². The fourth-order valence-electron chi connectivity index (χ4n) is 3.83. The molecule has 0 spiro atoms. The molecule has 5 aromatic rings. The third-order valence-electron chi connectivity index (χ3n) is 5.57. The number of nitrogens with one attached hydrogen (secondary N) is 1. The van der Waals surface area contributed by atoms with E-state index in [1.165, 1.54) is 23.0 Å². The maximum atomic E-state index is 13.8. The summed E-state index contributed by atoms with van der Waals surface area (Å²) in [7, 11) is 0. The molecule has 0 saturated carbocycles. The second-order valence-electron chi connectivity index (χ2n) is 8.15. The molecule has 3 heterocycles. The molecular formula is C26H17F4N5O3S. The van der Waals surface area contributed by atoms with Gasteiger partial charge in [-0.2, -0.15) is 5.10 Å². The molecule has 39 heavy (non-hydrogen) atoms. The Morgan fingerprint density at radius 1 is 1.08 bits per heavy atom. The van der Waals surface area contributed by atoms with E-state index in [1.54, 1.807) is 30.3 Å². The molecule has 0 fully saturated rings. The zero-order valence-electron chi connectivity index (χ0n) is 19.7. The summed E-state index contributed by atoms with van der Waals surface area (Å²) in [5, 5.41) is 6.97. The van der Waals surface area contributed by atoms with E-state index in [1.807, 2.05) is 0 Å². The average Bonchev–Trinajstić information content (AvgIpc) is 3.53. The molecule has 198 valence electrons. The summed E-state index contributed by atoms with van der Waals surface area (Å²) >= 11 is 0.781. The first-order valence-corrected chi connectivity index (χ1v) is 12.1. The highest BCUT2D eigenvalue weighted by Crippen LogP contribution is 2.42. The Kier molecular flexibility index (Phi) is 6.98. The number of amides is 2. The Bertz CT molecular complexity index is 1710. The monoisotopic (exact) mass is 555 g/mol. The van der Waals surface area contributed by atoms with Gasteiger partial charge in [0.25, 0.3) is 18.2 Å². The predicted octanol–water partition coefficient (Wildman–Crippen LogP) is 5.76. The number of hydrogen-bond acceptors (Lipinski definition) is 6. The summed E-state index contributed by atoms with van der Waals surface area (Å²) in [5.41, 5.74) is 5.87. The summed E-state index contributed by atoms with van der Waals surface area (Å²) < 4.78 is 60.6. The highest BCUT2D eigenvalue weighted by Gasteiger charge is 2.25. The zero-order chi connectivity index (χ0) is 27.7. The van der Waals surface area contributed by atoms with E-state index in [-0.39, 0.29) is 39.0 Å². The van der Waals surface area contributed by atoms with E-state index >= 15 is 0 Å². The molecule has 0 atom stereocenters. The molecule has 13 heteroatoms.